The molecule has 0 radical (unpaired) electrons. The molecule has 2 N–H and O–H groups in total. The van der Waals surface area contributed by atoms with Crippen molar-refractivity contribution in [1.29, 1.82) is 5.41 Å². The Bertz CT molecular complexity index is 930. The molecule has 0 aliphatic carbocycles. The molecule has 2 aromatic carbocycles. The maximum Gasteiger partial charge on any atom is 0.139 e. The first kappa shape index (κ1) is 13.9. The summed E-state index contributed by atoms with van der Waals surface area (Å²) in [5.74, 6) is -0.159. The molecule has 0 spiro atoms. The van der Waals surface area contributed by atoms with Crippen molar-refractivity contribution in [2.24, 2.45) is 0 Å². The Kier molecular flexibility index (Phi) is 3.12. The average molecular weight is 325 g/mol. The first-order valence-corrected chi connectivity index (χ1v) is 7.85. The van der Waals surface area contributed by atoms with Crippen LogP contribution in [0.4, 0.5) is 10.1 Å². The lowest BCUT2D eigenvalue weighted by atomic mass is 10.2. The van der Waals surface area contributed by atoms with Gasteiger partial charge in [-0.2, -0.15) is 0 Å². The van der Waals surface area contributed by atoms with Crippen molar-refractivity contribution in [3.63, 3.8) is 0 Å². The summed E-state index contributed by atoms with van der Waals surface area (Å²) >= 11 is 1.43. The molecule has 0 fully saturated rings. The van der Waals surface area contributed by atoms with E-state index in [1.54, 1.807) is 17.0 Å². The third-order valence-electron chi connectivity index (χ3n) is 3.73. The van der Waals surface area contributed by atoms with Crippen LogP contribution < -0.4 is 4.90 Å². The number of thiazole rings is 1. The standard InChI is InChI=1S/C17H12FN3OS/c18-10-4-3-5-11(8-10)21-9-13(22)15(16(21)19)17-20-12-6-1-2-7-14(12)23-17/h1-8,19,22H,9H2. The van der Waals surface area contributed by atoms with Crippen LogP contribution in [0.3, 0.4) is 0 Å². The van der Waals surface area contributed by atoms with Gasteiger partial charge in [0.2, 0.25) is 0 Å². The number of rotatable bonds is 2. The van der Waals surface area contributed by atoms with E-state index in [4.69, 9.17) is 5.41 Å². The fourth-order valence-corrected chi connectivity index (χ4v) is 3.68. The van der Waals surface area contributed by atoms with Crippen LogP contribution in [0.2, 0.25) is 0 Å². The molecule has 114 valence electrons. The zero-order chi connectivity index (χ0) is 16.0. The number of benzene rings is 2. The highest BCUT2D eigenvalue weighted by Crippen LogP contribution is 2.35. The van der Waals surface area contributed by atoms with Crippen LogP contribution in [0.25, 0.3) is 15.8 Å². The third-order valence-corrected chi connectivity index (χ3v) is 4.78. The molecular weight excluding hydrogens is 313 g/mol. The minimum Gasteiger partial charge on any atom is -0.510 e. The van der Waals surface area contributed by atoms with E-state index >= 15 is 0 Å². The smallest absolute Gasteiger partial charge is 0.139 e. The highest BCUT2D eigenvalue weighted by molar-refractivity contribution is 7.19. The molecule has 0 unspecified atom stereocenters. The van der Waals surface area contributed by atoms with E-state index in [0.717, 1.165) is 10.2 Å². The highest BCUT2D eigenvalue weighted by Gasteiger charge is 2.31. The summed E-state index contributed by atoms with van der Waals surface area (Å²) in [7, 11) is 0. The van der Waals surface area contributed by atoms with Gasteiger partial charge in [-0.05, 0) is 30.3 Å². The number of aliphatic hydroxyl groups excluding tert-OH is 1. The second kappa shape index (κ2) is 5.17. The van der Waals surface area contributed by atoms with Gasteiger partial charge < -0.3 is 10.0 Å². The van der Waals surface area contributed by atoms with Gasteiger partial charge in [0.15, 0.2) is 0 Å². The van der Waals surface area contributed by atoms with Gasteiger partial charge in [0.05, 0.1) is 22.3 Å². The molecule has 3 aromatic rings. The monoisotopic (exact) mass is 325 g/mol. The van der Waals surface area contributed by atoms with Crippen LogP contribution >= 0.6 is 11.3 Å². The highest BCUT2D eigenvalue weighted by atomic mass is 32.1. The van der Waals surface area contributed by atoms with Crippen molar-refractivity contribution < 1.29 is 9.50 Å². The van der Waals surface area contributed by atoms with Crippen molar-refractivity contribution in [2.45, 2.75) is 0 Å². The molecule has 0 saturated carbocycles. The fraction of sp³-hybridized carbons (Fsp3) is 0.0588. The quantitative estimate of drug-likeness (QED) is 0.742. The van der Waals surface area contributed by atoms with Gasteiger partial charge in [0.25, 0.3) is 0 Å². The van der Waals surface area contributed by atoms with Gasteiger partial charge in [-0.3, -0.25) is 5.41 Å². The molecule has 0 bridgehead atoms. The molecule has 4 rings (SSSR count). The predicted molar refractivity (Wildman–Crippen MR) is 90.6 cm³/mol. The van der Waals surface area contributed by atoms with Crippen LogP contribution in [-0.4, -0.2) is 22.5 Å². The van der Waals surface area contributed by atoms with Crippen molar-refractivity contribution in [1.82, 2.24) is 4.98 Å². The van der Waals surface area contributed by atoms with E-state index < -0.39 is 0 Å². The van der Waals surface area contributed by atoms with Gasteiger partial charge in [0.1, 0.15) is 22.4 Å². The van der Waals surface area contributed by atoms with Gasteiger partial charge in [-0.15, -0.1) is 11.3 Å². The molecule has 23 heavy (non-hydrogen) atoms. The zero-order valence-electron chi connectivity index (χ0n) is 12.0. The summed E-state index contributed by atoms with van der Waals surface area (Å²) in [5, 5.41) is 19.3. The van der Waals surface area contributed by atoms with Crippen LogP contribution in [-0.2, 0) is 0 Å². The maximum absolute atomic E-state index is 13.4. The lowest BCUT2D eigenvalue weighted by molar-refractivity contribution is 0.411. The van der Waals surface area contributed by atoms with Crippen molar-refractivity contribution in [2.75, 3.05) is 11.4 Å². The Morgan fingerprint density at radius 1 is 1.17 bits per heavy atom. The number of aromatic nitrogens is 1. The lowest BCUT2D eigenvalue weighted by Crippen LogP contribution is -2.26. The SMILES string of the molecule is N=C1C(c2nc3ccccc3s2)=C(O)CN1c1cccc(F)c1. The minimum absolute atomic E-state index is 0.0818. The van der Waals surface area contributed by atoms with Gasteiger partial charge in [-0.1, -0.05) is 18.2 Å². The van der Waals surface area contributed by atoms with E-state index in [2.05, 4.69) is 4.98 Å². The summed E-state index contributed by atoms with van der Waals surface area (Å²) in [6.45, 7) is 0.146. The second-order valence-electron chi connectivity index (χ2n) is 5.22. The molecule has 1 aromatic heterocycles. The third kappa shape index (κ3) is 2.27. The van der Waals surface area contributed by atoms with E-state index in [1.807, 2.05) is 24.3 Å². The molecule has 4 nitrogen and oxygen atoms in total. The topological polar surface area (TPSA) is 60.2 Å². The summed E-state index contributed by atoms with van der Waals surface area (Å²) < 4.78 is 14.4. The predicted octanol–water partition coefficient (Wildman–Crippen LogP) is 4.20. The summed E-state index contributed by atoms with van der Waals surface area (Å²) in [6.07, 6.45) is 0. The molecule has 0 amide bonds. The number of aliphatic hydroxyl groups is 1. The molecule has 1 aliphatic heterocycles. The molecule has 0 atom stereocenters. The number of hydrogen-bond acceptors (Lipinski definition) is 4. The zero-order valence-corrected chi connectivity index (χ0v) is 12.8. The Balaban J connectivity index is 1.74. The Morgan fingerprint density at radius 2 is 2.00 bits per heavy atom. The van der Waals surface area contributed by atoms with Gasteiger partial charge >= 0.3 is 0 Å². The molecule has 0 saturated heterocycles. The fourth-order valence-electron chi connectivity index (χ4n) is 2.65. The van der Waals surface area contributed by atoms with Gasteiger partial charge in [0, 0.05) is 5.69 Å². The lowest BCUT2D eigenvalue weighted by Gasteiger charge is -2.18. The van der Waals surface area contributed by atoms with E-state index in [-0.39, 0.29) is 24.0 Å². The Hall–Kier alpha value is -2.73. The summed E-state index contributed by atoms with van der Waals surface area (Å²) in [5.41, 5.74) is 1.79. The Labute approximate surface area is 135 Å². The second-order valence-corrected chi connectivity index (χ2v) is 6.25. The number of nitrogens with zero attached hydrogens (tertiary/aromatic N) is 2. The maximum atomic E-state index is 13.4. The first-order chi connectivity index (χ1) is 11.1. The van der Waals surface area contributed by atoms with Crippen molar-refractivity contribution in [3.05, 3.63) is 65.1 Å². The Morgan fingerprint density at radius 3 is 2.78 bits per heavy atom. The van der Waals surface area contributed by atoms with Crippen molar-refractivity contribution >= 4 is 38.6 Å². The van der Waals surface area contributed by atoms with Crippen LogP contribution in [0.5, 0.6) is 0 Å². The van der Waals surface area contributed by atoms with Crippen LogP contribution in [0, 0.1) is 11.2 Å². The van der Waals surface area contributed by atoms with Gasteiger partial charge in [-0.25, -0.2) is 9.37 Å². The molecule has 1 aliphatic rings. The number of amidine groups is 1. The largest absolute Gasteiger partial charge is 0.510 e. The number of anilines is 1. The van der Waals surface area contributed by atoms with E-state index in [1.165, 1.54) is 23.5 Å². The summed E-state index contributed by atoms with van der Waals surface area (Å²) in [6, 6.07) is 13.7. The number of halogens is 1. The normalized spacial score (nSPS) is 15.0. The number of para-hydroxylation sites is 1. The van der Waals surface area contributed by atoms with Crippen molar-refractivity contribution in [3.8, 4) is 0 Å². The molecule has 6 heteroatoms. The first-order valence-electron chi connectivity index (χ1n) is 7.03. The molecular formula is C17H12FN3OS. The average Bonchev–Trinajstić information content (AvgIpc) is 3.07. The van der Waals surface area contributed by atoms with E-state index in [9.17, 15) is 9.50 Å². The number of hydrogen-bond donors (Lipinski definition) is 2. The summed E-state index contributed by atoms with van der Waals surface area (Å²) in [4.78, 5) is 6.07. The van der Waals surface area contributed by atoms with Crippen LogP contribution in [0.15, 0.2) is 54.3 Å². The van der Waals surface area contributed by atoms with Crippen LogP contribution in [0.1, 0.15) is 5.01 Å². The number of nitrogens with one attached hydrogen (secondary N) is 1. The minimum atomic E-state index is -0.372. The molecule has 2 heterocycles. The number of fused-ring (bicyclic) bond motifs is 1. The van der Waals surface area contributed by atoms with E-state index in [0.29, 0.717) is 16.3 Å².